The number of hydrogen-bond acceptors (Lipinski definition) is 4. The zero-order valence-corrected chi connectivity index (χ0v) is 7.64. The number of rotatable bonds is 3. The summed E-state index contributed by atoms with van der Waals surface area (Å²) in [6.07, 6.45) is -0.457. The van der Waals surface area contributed by atoms with Crippen LogP contribution >= 0.6 is 0 Å². The molecule has 0 saturated heterocycles. The molecule has 0 heterocycles. The lowest BCUT2D eigenvalue weighted by Crippen LogP contribution is -2.16. The molecule has 15 heavy (non-hydrogen) atoms. The number of halogens is 1. The van der Waals surface area contributed by atoms with Gasteiger partial charge in [-0.15, -0.1) is 0 Å². The molecule has 0 amide bonds. The molecule has 1 atom stereocenters. The predicted octanol–water partition coefficient (Wildman–Crippen LogP) is 0.711. The quantitative estimate of drug-likeness (QED) is 0.556. The predicted molar refractivity (Wildman–Crippen MR) is 48.9 cm³/mol. The summed E-state index contributed by atoms with van der Waals surface area (Å²) < 4.78 is 13.3. The van der Waals surface area contributed by atoms with Gasteiger partial charge < -0.3 is 21.1 Å². The van der Waals surface area contributed by atoms with Crippen LogP contribution in [0.25, 0.3) is 0 Å². The summed E-state index contributed by atoms with van der Waals surface area (Å²) in [5.41, 5.74) is 5.26. The average Bonchev–Trinajstić information content (AvgIpc) is 2.13. The van der Waals surface area contributed by atoms with Gasteiger partial charge >= 0.3 is 5.97 Å². The molecule has 0 bridgehead atoms. The van der Waals surface area contributed by atoms with Crippen molar-refractivity contribution in [1.29, 1.82) is 0 Å². The highest BCUT2D eigenvalue weighted by Crippen LogP contribution is 2.32. The molecular formula is C9H10FNO4. The number of hydrogen-bond donors (Lipinski definition) is 4. The number of aromatic hydroxyl groups is 2. The highest BCUT2D eigenvalue weighted by molar-refractivity contribution is 5.68. The lowest BCUT2D eigenvalue weighted by atomic mass is 10.0. The maximum absolute atomic E-state index is 13.3. The second kappa shape index (κ2) is 4.14. The summed E-state index contributed by atoms with van der Waals surface area (Å²) in [5, 5.41) is 26.4. The molecule has 0 aliphatic rings. The summed E-state index contributed by atoms with van der Waals surface area (Å²) in [6, 6.07) is 1.13. The molecule has 0 aromatic heterocycles. The summed E-state index contributed by atoms with van der Waals surface area (Å²) >= 11 is 0. The van der Waals surface area contributed by atoms with E-state index in [4.69, 9.17) is 21.1 Å². The highest BCUT2D eigenvalue weighted by atomic mass is 19.1. The van der Waals surface area contributed by atoms with Gasteiger partial charge in [0.1, 0.15) is 0 Å². The van der Waals surface area contributed by atoms with E-state index in [2.05, 4.69) is 0 Å². The van der Waals surface area contributed by atoms with Crippen molar-refractivity contribution in [2.45, 2.75) is 12.5 Å². The van der Waals surface area contributed by atoms with E-state index in [0.717, 1.165) is 12.1 Å². The third-order valence-corrected chi connectivity index (χ3v) is 1.92. The minimum absolute atomic E-state index is 0.146. The minimum Gasteiger partial charge on any atom is -0.504 e. The van der Waals surface area contributed by atoms with E-state index in [-0.39, 0.29) is 5.56 Å². The Morgan fingerprint density at radius 3 is 2.60 bits per heavy atom. The van der Waals surface area contributed by atoms with Crippen molar-refractivity contribution < 1.29 is 24.5 Å². The third kappa shape index (κ3) is 2.35. The summed E-state index contributed by atoms with van der Waals surface area (Å²) in [4.78, 5) is 10.3. The first kappa shape index (κ1) is 11.3. The fraction of sp³-hybridized carbons (Fsp3) is 0.222. The van der Waals surface area contributed by atoms with Crippen LogP contribution in [0, 0.1) is 5.82 Å². The van der Waals surface area contributed by atoms with Gasteiger partial charge in [-0.05, 0) is 6.07 Å². The molecule has 5 N–H and O–H groups in total. The van der Waals surface area contributed by atoms with E-state index in [9.17, 15) is 9.18 Å². The summed E-state index contributed by atoms with van der Waals surface area (Å²) in [5.74, 6) is -3.80. The average molecular weight is 215 g/mol. The number of carbonyl (C=O) groups is 1. The van der Waals surface area contributed by atoms with Crippen molar-refractivity contribution >= 4 is 5.97 Å². The number of benzene rings is 1. The molecule has 1 aromatic carbocycles. The Kier molecular flexibility index (Phi) is 3.11. The number of nitrogens with two attached hydrogens (primary N) is 1. The second-order valence-electron chi connectivity index (χ2n) is 3.04. The van der Waals surface area contributed by atoms with Gasteiger partial charge in [0, 0.05) is 11.6 Å². The molecule has 6 heteroatoms. The molecule has 1 unspecified atom stereocenters. The Bertz CT molecular complexity index is 394. The standard InChI is InChI=1S/C9H10FNO4/c10-8-4(5(11)3-7(13)14)1-2-6(12)9(8)15/h1-2,5,12,15H,3,11H2,(H,13,14). The monoisotopic (exact) mass is 215 g/mol. The summed E-state index contributed by atoms with van der Waals surface area (Å²) in [7, 11) is 0. The van der Waals surface area contributed by atoms with Crippen molar-refractivity contribution in [3.05, 3.63) is 23.5 Å². The van der Waals surface area contributed by atoms with E-state index >= 15 is 0 Å². The van der Waals surface area contributed by atoms with Gasteiger partial charge in [-0.1, -0.05) is 6.07 Å². The first-order chi connectivity index (χ1) is 6.93. The first-order valence-corrected chi connectivity index (χ1v) is 4.11. The Morgan fingerprint density at radius 1 is 1.47 bits per heavy atom. The Balaban J connectivity index is 3.05. The largest absolute Gasteiger partial charge is 0.504 e. The van der Waals surface area contributed by atoms with Crippen molar-refractivity contribution in [1.82, 2.24) is 0 Å². The van der Waals surface area contributed by atoms with Crippen LogP contribution in [0.5, 0.6) is 11.5 Å². The van der Waals surface area contributed by atoms with Gasteiger partial charge in [0.2, 0.25) is 0 Å². The molecule has 0 radical (unpaired) electrons. The SMILES string of the molecule is NC(CC(=O)O)c1ccc(O)c(O)c1F. The minimum atomic E-state index is -1.17. The maximum atomic E-state index is 13.3. The molecule has 5 nitrogen and oxygen atoms in total. The molecule has 0 aliphatic heterocycles. The topological polar surface area (TPSA) is 104 Å². The smallest absolute Gasteiger partial charge is 0.305 e. The molecule has 1 rings (SSSR count). The Morgan fingerprint density at radius 2 is 2.07 bits per heavy atom. The van der Waals surface area contributed by atoms with Crippen LogP contribution in [0.2, 0.25) is 0 Å². The van der Waals surface area contributed by atoms with Crippen molar-refractivity contribution in [2.24, 2.45) is 5.73 Å². The van der Waals surface area contributed by atoms with Crippen molar-refractivity contribution in [2.75, 3.05) is 0 Å². The van der Waals surface area contributed by atoms with E-state index < -0.39 is 35.7 Å². The molecule has 0 spiro atoms. The van der Waals surface area contributed by atoms with Gasteiger partial charge in [0.15, 0.2) is 17.3 Å². The van der Waals surface area contributed by atoms with Crippen molar-refractivity contribution in [3.63, 3.8) is 0 Å². The van der Waals surface area contributed by atoms with Crippen LogP contribution in [0.3, 0.4) is 0 Å². The fourth-order valence-electron chi connectivity index (χ4n) is 1.15. The van der Waals surface area contributed by atoms with Crippen LogP contribution in [0.4, 0.5) is 4.39 Å². The molecular weight excluding hydrogens is 205 g/mol. The molecule has 82 valence electrons. The lowest BCUT2D eigenvalue weighted by molar-refractivity contribution is -0.137. The normalized spacial score (nSPS) is 12.4. The number of carboxylic acid groups (broad SMARTS) is 1. The second-order valence-corrected chi connectivity index (χ2v) is 3.04. The Hall–Kier alpha value is -1.82. The van der Waals surface area contributed by atoms with Crippen LogP contribution in [-0.4, -0.2) is 21.3 Å². The number of carboxylic acids is 1. The van der Waals surface area contributed by atoms with Gasteiger partial charge in [0.05, 0.1) is 6.42 Å². The van der Waals surface area contributed by atoms with Gasteiger partial charge in [0.25, 0.3) is 0 Å². The van der Waals surface area contributed by atoms with Crippen LogP contribution in [-0.2, 0) is 4.79 Å². The van der Waals surface area contributed by atoms with Gasteiger partial charge in [-0.3, -0.25) is 4.79 Å². The zero-order chi connectivity index (χ0) is 11.6. The molecule has 0 aliphatic carbocycles. The molecule has 1 aromatic rings. The van der Waals surface area contributed by atoms with Crippen LogP contribution in [0.15, 0.2) is 12.1 Å². The van der Waals surface area contributed by atoms with E-state index in [1.807, 2.05) is 0 Å². The zero-order valence-electron chi connectivity index (χ0n) is 7.64. The van der Waals surface area contributed by atoms with Gasteiger partial charge in [-0.25, -0.2) is 4.39 Å². The number of phenolic OH excluding ortho intramolecular Hbond substituents is 2. The van der Waals surface area contributed by atoms with Crippen molar-refractivity contribution in [3.8, 4) is 11.5 Å². The summed E-state index contributed by atoms with van der Waals surface area (Å²) in [6.45, 7) is 0. The van der Waals surface area contributed by atoms with E-state index in [0.29, 0.717) is 0 Å². The fourth-order valence-corrected chi connectivity index (χ4v) is 1.15. The van der Waals surface area contributed by atoms with Crippen LogP contribution in [0.1, 0.15) is 18.0 Å². The number of aliphatic carboxylic acids is 1. The van der Waals surface area contributed by atoms with Gasteiger partial charge in [-0.2, -0.15) is 0 Å². The highest BCUT2D eigenvalue weighted by Gasteiger charge is 2.19. The first-order valence-electron chi connectivity index (χ1n) is 4.11. The number of phenols is 2. The lowest BCUT2D eigenvalue weighted by Gasteiger charge is -2.11. The molecule has 0 saturated carbocycles. The van der Waals surface area contributed by atoms with E-state index in [1.165, 1.54) is 0 Å². The molecule has 0 fully saturated rings. The van der Waals surface area contributed by atoms with Crippen LogP contribution < -0.4 is 5.73 Å². The third-order valence-electron chi connectivity index (χ3n) is 1.92. The maximum Gasteiger partial charge on any atom is 0.305 e. The Labute approximate surface area is 84.6 Å². The van der Waals surface area contributed by atoms with E-state index in [1.54, 1.807) is 0 Å².